The maximum atomic E-state index is 11.3. The van der Waals surface area contributed by atoms with E-state index in [9.17, 15) is 4.79 Å². The number of nitrogens with one attached hydrogen (secondary N) is 2. The monoisotopic (exact) mass is 256 g/mol. The van der Waals surface area contributed by atoms with Crippen LogP contribution in [0.5, 0.6) is 5.75 Å². The van der Waals surface area contributed by atoms with Crippen molar-refractivity contribution in [3.8, 4) is 5.75 Å². The lowest BCUT2D eigenvalue weighted by Crippen LogP contribution is -2.34. The van der Waals surface area contributed by atoms with Crippen molar-refractivity contribution >= 4 is 17.5 Å². The van der Waals surface area contributed by atoms with Crippen LogP contribution >= 0.6 is 11.6 Å². The van der Waals surface area contributed by atoms with Gasteiger partial charge in [-0.25, -0.2) is 5.43 Å². The molecule has 0 radical (unpaired) electrons. The SMILES string of the molecule is CNNC(=O)CCc1cc(Cl)c(C)cc1OC. The van der Waals surface area contributed by atoms with Crippen LogP contribution in [0, 0.1) is 6.92 Å². The number of carbonyl (C=O) groups is 1. The van der Waals surface area contributed by atoms with Crippen molar-refractivity contribution < 1.29 is 9.53 Å². The molecule has 0 heterocycles. The third-order valence-electron chi connectivity index (χ3n) is 2.45. The van der Waals surface area contributed by atoms with Gasteiger partial charge in [0.2, 0.25) is 5.91 Å². The fourth-order valence-corrected chi connectivity index (χ4v) is 1.72. The normalized spacial score (nSPS) is 10.1. The highest BCUT2D eigenvalue weighted by Crippen LogP contribution is 2.27. The number of hydrogen-bond acceptors (Lipinski definition) is 3. The van der Waals surface area contributed by atoms with Crippen molar-refractivity contribution in [2.75, 3.05) is 14.2 Å². The Balaban J connectivity index is 2.76. The number of ether oxygens (including phenoxy) is 1. The Morgan fingerprint density at radius 3 is 2.76 bits per heavy atom. The molecule has 17 heavy (non-hydrogen) atoms. The second-order valence-electron chi connectivity index (χ2n) is 3.71. The summed E-state index contributed by atoms with van der Waals surface area (Å²) in [6.07, 6.45) is 0.979. The first-order valence-electron chi connectivity index (χ1n) is 5.37. The lowest BCUT2D eigenvalue weighted by molar-refractivity contribution is -0.121. The van der Waals surface area contributed by atoms with E-state index in [2.05, 4.69) is 10.9 Å². The van der Waals surface area contributed by atoms with Gasteiger partial charge in [-0.3, -0.25) is 10.2 Å². The van der Waals surface area contributed by atoms with Gasteiger partial charge in [-0.05, 0) is 36.6 Å². The molecule has 1 amide bonds. The quantitative estimate of drug-likeness (QED) is 0.791. The molecule has 0 saturated heterocycles. The highest BCUT2D eigenvalue weighted by atomic mass is 35.5. The molecule has 0 aliphatic carbocycles. The Labute approximate surface area is 106 Å². The van der Waals surface area contributed by atoms with Gasteiger partial charge in [0, 0.05) is 18.5 Å². The van der Waals surface area contributed by atoms with E-state index in [1.807, 2.05) is 19.1 Å². The summed E-state index contributed by atoms with van der Waals surface area (Å²) in [5.74, 6) is 0.704. The van der Waals surface area contributed by atoms with Crippen LogP contribution in [-0.4, -0.2) is 20.1 Å². The topological polar surface area (TPSA) is 50.4 Å². The summed E-state index contributed by atoms with van der Waals surface area (Å²) in [6, 6.07) is 3.73. The van der Waals surface area contributed by atoms with E-state index >= 15 is 0 Å². The molecule has 0 fully saturated rings. The van der Waals surface area contributed by atoms with Gasteiger partial charge in [-0.15, -0.1) is 0 Å². The van der Waals surface area contributed by atoms with Crippen molar-refractivity contribution in [2.24, 2.45) is 0 Å². The number of rotatable bonds is 5. The zero-order valence-electron chi connectivity index (χ0n) is 10.3. The van der Waals surface area contributed by atoms with Gasteiger partial charge in [0.15, 0.2) is 0 Å². The number of carbonyl (C=O) groups excluding carboxylic acids is 1. The first-order chi connectivity index (χ1) is 8.08. The molecule has 0 aromatic heterocycles. The Bertz CT molecular complexity index is 408. The molecule has 1 aromatic carbocycles. The van der Waals surface area contributed by atoms with Gasteiger partial charge < -0.3 is 4.74 Å². The number of halogens is 1. The van der Waals surface area contributed by atoms with Crippen LogP contribution in [0.25, 0.3) is 0 Å². The van der Waals surface area contributed by atoms with E-state index in [-0.39, 0.29) is 5.91 Å². The summed E-state index contributed by atoms with van der Waals surface area (Å²) in [6.45, 7) is 1.92. The average molecular weight is 257 g/mol. The predicted molar refractivity (Wildman–Crippen MR) is 68.3 cm³/mol. The lowest BCUT2D eigenvalue weighted by atomic mass is 10.1. The van der Waals surface area contributed by atoms with Crippen LogP contribution in [0.15, 0.2) is 12.1 Å². The maximum absolute atomic E-state index is 11.3. The molecule has 0 unspecified atom stereocenters. The summed E-state index contributed by atoms with van der Waals surface area (Å²) in [5, 5.41) is 0.690. The van der Waals surface area contributed by atoms with Gasteiger partial charge in [0.25, 0.3) is 0 Å². The van der Waals surface area contributed by atoms with E-state index in [0.717, 1.165) is 16.9 Å². The minimum Gasteiger partial charge on any atom is -0.496 e. The molecule has 0 aliphatic heterocycles. The third-order valence-corrected chi connectivity index (χ3v) is 2.85. The lowest BCUT2D eigenvalue weighted by Gasteiger charge is -2.10. The van der Waals surface area contributed by atoms with Crippen molar-refractivity contribution in [3.63, 3.8) is 0 Å². The minimum absolute atomic E-state index is 0.0637. The minimum atomic E-state index is -0.0637. The molecule has 4 nitrogen and oxygen atoms in total. The average Bonchev–Trinajstić information content (AvgIpc) is 2.30. The number of methoxy groups -OCH3 is 1. The third kappa shape index (κ3) is 3.91. The van der Waals surface area contributed by atoms with Crippen LogP contribution in [-0.2, 0) is 11.2 Å². The molecule has 0 spiro atoms. The fourth-order valence-electron chi connectivity index (χ4n) is 1.53. The van der Waals surface area contributed by atoms with Crippen molar-refractivity contribution in [1.82, 2.24) is 10.9 Å². The van der Waals surface area contributed by atoms with Gasteiger partial charge in [-0.2, -0.15) is 0 Å². The van der Waals surface area contributed by atoms with E-state index in [0.29, 0.717) is 17.9 Å². The smallest absolute Gasteiger partial charge is 0.234 e. The molecular weight excluding hydrogens is 240 g/mol. The van der Waals surface area contributed by atoms with Crippen LogP contribution in [0.2, 0.25) is 5.02 Å². The van der Waals surface area contributed by atoms with Crippen LogP contribution < -0.4 is 15.6 Å². The molecule has 0 aliphatic rings. The number of hydrazine groups is 1. The van der Waals surface area contributed by atoms with Crippen molar-refractivity contribution in [1.29, 1.82) is 0 Å². The number of aryl methyl sites for hydroxylation is 2. The maximum Gasteiger partial charge on any atom is 0.234 e. The number of hydrogen-bond donors (Lipinski definition) is 2. The van der Waals surface area contributed by atoms with Crippen molar-refractivity contribution in [2.45, 2.75) is 19.8 Å². The van der Waals surface area contributed by atoms with E-state index < -0.39 is 0 Å². The molecule has 0 atom stereocenters. The Kier molecular flexibility index (Phi) is 5.25. The van der Waals surface area contributed by atoms with Gasteiger partial charge >= 0.3 is 0 Å². The summed E-state index contributed by atoms with van der Waals surface area (Å²) < 4.78 is 5.27. The van der Waals surface area contributed by atoms with Crippen LogP contribution in [0.3, 0.4) is 0 Å². The van der Waals surface area contributed by atoms with E-state index in [4.69, 9.17) is 16.3 Å². The summed E-state index contributed by atoms with van der Waals surface area (Å²) >= 11 is 6.05. The Morgan fingerprint density at radius 2 is 2.18 bits per heavy atom. The molecule has 0 saturated carbocycles. The van der Waals surface area contributed by atoms with E-state index in [1.54, 1.807) is 14.2 Å². The first kappa shape index (κ1) is 13.8. The molecule has 1 rings (SSSR count). The molecule has 0 bridgehead atoms. The largest absolute Gasteiger partial charge is 0.496 e. The van der Waals surface area contributed by atoms with E-state index in [1.165, 1.54) is 0 Å². The Hall–Kier alpha value is -1.26. The van der Waals surface area contributed by atoms with Crippen molar-refractivity contribution in [3.05, 3.63) is 28.3 Å². The van der Waals surface area contributed by atoms with Gasteiger partial charge in [0.1, 0.15) is 5.75 Å². The first-order valence-corrected chi connectivity index (χ1v) is 5.75. The van der Waals surface area contributed by atoms with Crippen LogP contribution in [0.1, 0.15) is 17.5 Å². The summed E-state index contributed by atoms with van der Waals surface area (Å²) in [4.78, 5) is 11.3. The second-order valence-corrected chi connectivity index (χ2v) is 4.12. The highest BCUT2D eigenvalue weighted by molar-refractivity contribution is 6.31. The zero-order chi connectivity index (χ0) is 12.8. The molecule has 5 heteroatoms. The zero-order valence-corrected chi connectivity index (χ0v) is 11.0. The molecular formula is C12H17ClN2O2. The molecule has 94 valence electrons. The standard InChI is InChI=1S/C12H17ClN2O2/c1-8-6-11(17-3)9(7-10(8)13)4-5-12(16)15-14-2/h6-7,14H,4-5H2,1-3H3,(H,15,16). The molecule has 2 N–H and O–H groups in total. The fraction of sp³-hybridized carbons (Fsp3) is 0.417. The van der Waals surface area contributed by atoms with Crippen LogP contribution in [0.4, 0.5) is 0 Å². The second kappa shape index (κ2) is 6.47. The number of amides is 1. The predicted octanol–water partition coefficient (Wildman–Crippen LogP) is 1.84. The Morgan fingerprint density at radius 1 is 1.47 bits per heavy atom. The molecule has 1 aromatic rings. The summed E-state index contributed by atoms with van der Waals surface area (Å²) in [5.41, 5.74) is 7.02. The van der Waals surface area contributed by atoms with Gasteiger partial charge in [0.05, 0.1) is 7.11 Å². The highest BCUT2D eigenvalue weighted by Gasteiger charge is 2.09. The van der Waals surface area contributed by atoms with Gasteiger partial charge in [-0.1, -0.05) is 11.6 Å². The number of benzene rings is 1. The summed E-state index contributed by atoms with van der Waals surface area (Å²) in [7, 11) is 3.26.